The smallest absolute Gasteiger partial charge is 0.136 e. The number of methoxy groups -OCH3 is 2. The topological polar surface area (TPSA) is 60.0 Å². The van der Waals surface area contributed by atoms with E-state index in [-0.39, 0.29) is 0 Å². The van der Waals surface area contributed by atoms with Gasteiger partial charge in [-0.15, -0.1) is 0 Å². The molecule has 0 amide bonds. The van der Waals surface area contributed by atoms with Gasteiger partial charge in [-0.25, -0.2) is 0 Å². The number of hydrogen-bond acceptors (Lipinski definition) is 4. The minimum atomic E-state index is 0.761. The molecule has 2 rings (SSSR count). The van der Waals surface area contributed by atoms with Crippen LogP contribution in [-0.2, 0) is 12.8 Å². The van der Waals surface area contributed by atoms with Crippen LogP contribution in [0.2, 0.25) is 0 Å². The first-order valence-electron chi connectivity index (χ1n) is 5.49. The maximum atomic E-state index is 5.37. The number of aromatic nitrogens is 3. The molecule has 0 saturated heterocycles. The molecule has 0 unspecified atom stereocenters. The van der Waals surface area contributed by atoms with E-state index < -0.39 is 0 Å². The molecule has 1 aromatic heterocycles. The Labute approximate surface area is 114 Å². The molecule has 0 spiro atoms. The lowest BCUT2D eigenvalue weighted by Gasteiger charge is -2.11. The van der Waals surface area contributed by atoms with Crippen molar-refractivity contribution < 1.29 is 9.47 Å². The molecule has 2 aromatic rings. The fourth-order valence-electron chi connectivity index (χ4n) is 1.73. The number of hydrogen-bond donors (Lipinski definition) is 1. The third-order valence-electron chi connectivity index (χ3n) is 2.67. The first kappa shape index (κ1) is 12.9. The molecule has 0 aliphatic heterocycles. The molecule has 5 nitrogen and oxygen atoms in total. The molecule has 96 valence electrons. The van der Waals surface area contributed by atoms with Crippen LogP contribution >= 0.6 is 15.9 Å². The van der Waals surface area contributed by atoms with Gasteiger partial charge in [0.05, 0.1) is 30.6 Å². The minimum absolute atomic E-state index is 0.761. The predicted molar refractivity (Wildman–Crippen MR) is 71.0 cm³/mol. The summed E-state index contributed by atoms with van der Waals surface area (Å²) in [5, 5.41) is 10.4. The van der Waals surface area contributed by atoms with Gasteiger partial charge in [0.2, 0.25) is 0 Å². The molecule has 6 heteroatoms. The molecule has 18 heavy (non-hydrogen) atoms. The number of aromatic amines is 1. The quantitative estimate of drug-likeness (QED) is 0.921. The Bertz CT molecular complexity index is 514. The Morgan fingerprint density at radius 2 is 1.94 bits per heavy atom. The summed E-state index contributed by atoms with van der Waals surface area (Å²) in [7, 11) is 3.29. The Kier molecular flexibility index (Phi) is 4.19. The van der Waals surface area contributed by atoms with Gasteiger partial charge in [-0.05, 0) is 40.4 Å². The highest BCUT2D eigenvalue weighted by atomic mass is 79.9. The maximum absolute atomic E-state index is 5.37. The van der Waals surface area contributed by atoms with Crippen LogP contribution in [0.15, 0.2) is 22.8 Å². The van der Waals surface area contributed by atoms with Crippen molar-refractivity contribution in [2.24, 2.45) is 0 Å². The number of nitrogens with one attached hydrogen (secondary N) is 1. The van der Waals surface area contributed by atoms with Gasteiger partial charge in [0.1, 0.15) is 11.5 Å². The number of rotatable bonds is 5. The molecule has 1 N–H and O–H groups in total. The van der Waals surface area contributed by atoms with E-state index in [1.165, 1.54) is 0 Å². The van der Waals surface area contributed by atoms with E-state index in [0.29, 0.717) is 0 Å². The molecular formula is C12H14BrN3O2. The second-order valence-electron chi connectivity index (χ2n) is 3.76. The van der Waals surface area contributed by atoms with Crippen molar-refractivity contribution in [3.63, 3.8) is 0 Å². The molecule has 0 radical (unpaired) electrons. The van der Waals surface area contributed by atoms with Crippen molar-refractivity contribution in [3.05, 3.63) is 34.1 Å². The summed E-state index contributed by atoms with van der Waals surface area (Å²) >= 11 is 3.47. The highest BCUT2D eigenvalue weighted by molar-refractivity contribution is 9.10. The van der Waals surface area contributed by atoms with Crippen LogP contribution < -0.4 is 9.47 Å². The van der Waals surface area contributed by atoms with Crippen LogP contribution in [0.3, 0.4) is 0 Å². The summed E-state index contributed by atoms with van der Waals surface area (Å²) in [6.07, 6.45) is 3.37. The van der Waals surface area contributed by atoms with Gasteiger partial charge < -0.3 is 9.47 Å². The lowest BCUT2D eigenvalue weighted by Crippen LogP contribution is -1.97. The normalized spacial score (nSPS) is 10.4. The van der Waals surface area contributed by atoms with Crippen molar-refractivity contribution in [1.29, 1.82) is 0 Å². The first-order chi connectivity index (χ1) is 8.74. The Morgan fingerprint density at radius 3 is 2.56 bits per heavy atom. The number of H-pyrrole nitrogens is 1. The lowest BCUT2D eigenvalue weighted by atomic mass is 10.1. The molecule has 0 aliphatic carbocycles. The van der Waals surface area contributed by atoms with E-state index in [1.807, 2.05) is 12.1 Å². The summed E-state index contributed by atoms with van der Waals surface area (Å²) in [4.78, 5) is 0. The van der Waals surface area contributed by atoms with Gasteiger partial charge in [0.15, 0.2) is 0 Å². The third-order valence-corrected chi connectivity index (χ3v) is 3.29. The molecule has 0 bridgehead atoms. The highest BCUT2D eigenvalue weighted by Crippen LogP contribution is 2.33. The average Bonchev–Trinajstić information content (AvgIpc) is 2.89. The summed E-state index contributed by atoms with van der Waals surface area (Å²) in [5.74, 6) is 1.58. The molecule has 0 aliphatic rings. The molecule has 0 fully saturated rings. The van der Waals surface area contributed by atoms with Crippen molar-refractivity contribution in [3.8, 4) is 11.5 Å². The van der Waals surface area contributed by atoms with Crippen LogP contribution in [0.25, 0.3) is 0 Å². The standard InChI is InChI=1S/C12H14BrN3O2/c1-17-11-6-12(18-2)10(13)5-8(11)3-4-9-7-14-16-15-9/h5-7H,3-4H2,1-2H3,(H,14,15,16). The zero-order valence-corrected chi connectivity index (χ0v) is 11.8. The predicted octanol–water partition coefficient (Wildman–Crippen LogP) is 2.37. The summed E-state index contributed by atoms with van der Waals surface area (Å²) in [6, 6.07) is 3.89. The number of benzene rings is 1. The fourth-order valence-corrected chi connectivity index (χ4v) is 2.28. The van der Waals surface area contributed by atoms with Gasteiger partial charge in [-0.1, -0.05) is 0 Å². The van der Waals surface area contributed by atoms with Crippen molar-refractivity contribution >= 4 is 15.9 Å². The first-order valence-corrected chi connectivity index (χ1v) is 6.29. The van der Waals surface area contributed by atoms with Gasteiger partial charge >= 0.3 is 0 Å². The molecule has 1 aromatic carbocycles. The Balaban J connectivity index is 2.18. The van der Waals surface area contributed by atoms with Gasteiger partial charge in [-0.3, -0.25) is 0 Å². The Hall–Kier alpha value is -1.56. The second-order valence-corrected chi connectivity index (χ2v) is 4.61. The van der Waals surface area contributed by atoms with Crippen LogP contribution in [0, 0.1) is 0 Å². The van der Waals surface area contributed by atoms with E-state index in [0.717, 1.165) is 40.1 Å². The molecule has 0 atom stereocenters. The van der Waals surface area contributed by atoms with E-state index in [1.54, 1.807) is 20.4 Å². The monoisotopic (exact) mass is 311 g/mol. The zero-order chi connectivity index (χ0) is 13.0. The minimum Gasteiger partial charge on any atom is -0.496 e. The SMILES string of the molecule is COc1cc(OC)c(CCc2cn[nH]n2)cc1Br. The lowest BCUT2D eigenvalue weighted by molar-refractivity contribution is 0.389. The van der Waals surface area contributed by atoms with Crippen LogP contribution in [0.4, 0.5) is 0 Å². The fraction of sp³-hybridized carbons (Fsp3) is 0.333. The largest absolute Gasteiger partial charge is 0.496 e. The van der Waals surface area contributed by atoms with Crippen molar-refractivity contribution in [1.82, 2.24) is 15.4 Å². The zero-order valence-electron chi connectivity index (χ0n) is 10.2. The third kappa shape index (κ3) is 2.81. The number of halogens is 1. The number of nitrogens with zero attached hydrogens (tertiary/aromatic N) is 2. The molecule has 1 heterocycles. The number of ether oxygens (including phenoxy) is 2. The van der Waals surface area contributed by atoms with Crippen LogP contribution in [0.5, 0.6) is 11.5 Å². The van der Waals surface area contributed by atoms with Crippen LogP contribution in [-0.4, -0.2) is 29.6 Å². The van der Waals surface area contributed by atoms with E-state index in [2.05, 4.69) is 31.3 Å². The maximum Gasteiger partial charge on any atom is 0.136 e. The molecule has 0 saturated carbocycles. The van der Waals surface area contributed by atoms with Gasteiger partial charge in [0.25, 0.3) is 0 Å². The molecular weight excluding hydrogens is 298 g/mol. The average molecular weight is 312 g/mol. The van der Waals surface area contributed by atoms with E-state index in [4.69, 9.17) is 9.47 Å². The number of aryl methyl sites for hydroxylation is 2. The summed E-state index contributed by atoms with van der Waals surface area (Å²) in [5.41, 5.74) is 2.04. The summed E-state index contributed by atoms with van der Waals surface area (Å²) < 4.78 is 11.5. The second kappa shape index (κ2) is 5.86. The highest BCUT2D eigenvalue weighted by Gasteiger charge is 2.10. The van der Waals surface area contributed by atoms with E-state index >= 15 is 0 Å². The van der Waals surface area contributed by atoms with Gasteiger partial charge in [0, 0.05) is 6.07 Å². The summed E-state index contributed by atoms with van der Waals surface area (Å²) in [6.45, 7) is 0. The van der Waals surface area contributed by atoms with Crippen molar-refractivity contribution in [2.75, 3.05) is 14.2 Å². The van der Waals surface area contributed by atoms with Crippen molar-refractivity contribution in [2.45, 2.75) is 12.8 Å². The van der Waals surface area contributed by atoms with Crippen LogP contribution in [0.1, 0.15) is 11.3 Å². The van der Waals surface area contributed by atoms with E-state index in [9.17, 15) is 0 Å². The van der Waals surface area contributed by atoms with Gasteiger partial charge in [-0.2, -0.15) is 15.4 Å². The Morgan fingerprint density at radius 1 is 1.17 bits per heavy atom.